The van der Waals surface area contributed by atoms with Gasteiger partial charge in [-0.2, -0.15) is 0 Å². The van der Waals surface area contributed by atoms with Crippen molar-refractivity contribution in [3.05, 3.63) is 0 Å². The Morgan fingerprint density at radius 2 is 1.88 bits per heavy atom. The lowest BCUT2D eigenvalue weighted by molar-refractivity contribution is -0.122. The number of halogens is 1. The summed E-state index contributed by atoms with van der Waals surface area (Å²) in [6.45, 7) is 2.36. The van der Waals surface area contributed by atoms with E-state index in [-0.39, 0.29) is 5.91 Å². The van der Waals surface area contributed by atoms with E-state index in [0.29, 0.717) is 12.5 Å². The fraction of sp³-hybridized carbons (Fsp3) is 0.923. The summed E-state index contributed by atoms with van der Waals surface area (Å²) in [7, 11) is 0. The van der Waals surface area contributed by atoms with Gasteiger partial charge >= 0.3 is 0 Å². The quantitative estimate of drug-likeness (QED) is 0.603. The van der Waals surface area contributed by atoms with Crippen LogP contribution in [0.2, 0.25) is 0 Å². The summed E-state index contributed by atoms with van der Waals surface area (Å²) >= 11 is 3.39. The first-order chi connectivity index (χ1) is 8.29. The van der Waals surface area contributed by atoms with Crippen LogP contribution in [-0.4, -0.2) is 41.3 Å². The number of alkyl halides is 1. The van der Waals surface area contributed by atoms with Crippen LogP contribution < -0.4 is 5.32 Å². The molecule has 1 heterocycles. The van der Waals surface area contributed by atoms with E-state index in [1.165, 1.54) is 25.9 Å². The van der Waals surface area contributed by atoms with E-state index in [1.807, 2.05) is 0 Å². The molecule has 17 heavy (non-hydrogen) atoms. The van der Waals surface area contributed by atoms with Crippen molar-refractivity contribution in [2.75, 3.05) is 18.4 Å². The highest BCUT2D eigenvalue weighted by Gasteiger charge is 2.31. The standard InChI is InChI=1S/C13H23BrN2O/c14-8-2-1-3-13(17)15-11-6-9-16(10-7-11)12-4-5-12/h11-12H,1-10H2,(H,15,17). The Kier molecular flexibility index (Phi) is 5.29. The van der Waals surface area contributed by atoms with Gasteiger partial charge in [0, 0.05) is 36.9 Å². The summed E-state index contributed by atoms with van der Waals surface area (Å²) in [6.07, 6.45) is 7.84. The normalized spacial score (nSPS) is 22.6. The van der Waals surface area contributed by atoms with E-state index in [0.717, 1.165) is 37.1 Å². The molecule has 0 radical (unpaired) electrons. The smallest absolute Gasteiger partial charge is 0.220 e. The molecular weight excluding hydrogens is 280 g/mol. The van der Waals surface area contributed by atoms with Crippen LogP contribution in [0, 0.1) is 0 Å². The Labute approximate surface area is 112 Å². The molecule has 2 fully saturated rings. The highest BCUT2D eigenvalue weighted by Crippen LogP contribution is 2.29. The molecule has 0 bridgehead atoms. The highest BCUT2D eigenvalue weighted by molar-refractivity contribution is 9.09. The molecular formula is C13H23BrN2O. The molecule has 1 aliphatic carbocycles. The van der Waals surface area contributed by atoms with E-state index in [4.69, 9.17) is 0 Å². The van der Waals surface area contributed by atoms with Crippen LogP contribution in [0.25, 0.3) is 0 Å². The SMILES string of the molecule is O=C(CCCCBr)NC1CCN(C2CC2)CC1. The Balaban J connectivity index is 1.58. The largest absolute Gasteiger partial charge is 0.353 e. The molecule has 0 aromatic heterocycles. The number of amides is 1. The van der Waals surface area contributed by atoms with Gasteiger partial charge in [-0.1, -0.05) is 15.9 Å². The number of likely N-dealkylation sites (tertiary alicyclic amines) is 1. The van der Waals surface area contributed by atoms with Gasteiger partial charge in [-0.15, -0.1) is 0 Å². The average molecular weight is 303 g/mol. The minimum atomic E-state index is 0.246. The third-order valence-corrected chi connectivity index (χ3v) is 4.31. The average Bonchev–Trinajstić information content (AvgIpc) is 3.14. The van der Waals surface area contributed by atoms with Crippen LogP contribution in [-0.2, 0) is 4.79 Å². The Morgan fingerprint density at radius 3 is 2.47 bits per heavy atom. The zero-order valence-electron chi connectivity index (χ0n) is 10.5. The van der Waals surface area contributed by atoms with Gasteiger partial charge in [0.05, 0.1) is 0 Å². The highest BCUT2D eigenvalue weighted by atomic mass is 79.9. The lowest BCUT2D eigenvalue weighted by Crippen LogP contribution is -2.45. The summed E-state index contributed by atoms with van der Waals surface area (Å²) in [5.41, 5.74) is 0. The van der Waals surface area contributed by atoms with Gasteiger partial charge in [-0.05, 0) is 38.5 Å². The molecule has 3 nitrogen and oxygen atoms in total. The second-order valence-corrected chi connectivity index (χ2v) is 6.05. The van der Waals surface area contributed by atoms with Gasteiger partial charge in [0.15, 0.2) is 0 Å². The fourth-order valence-corrected chi connectivity index (χ4v) is 2.93. The van der Waals surface area contributed by atoms with Crippen molar-refractivity contribution in [1.82, 2.24) is 10.2 Å². The Hall–Kier alpha value is -0.0900. The van der Waals surface area contributed by atoms with Gasteiger partial charge in [0.2, 0.25) is 5.91 Å². The van der Waals surface area contributed by atoms with Crippen LogP contribution in [0.3, 0.4) is 0 Å². The van der Waals surface area contributed by atoms with Crippen LogP contribution >= 0.6 is 15.9 Å². The maximum atomic E-state index is 11.7. The second kappa shape index (κ2) is 6.74. The van der Waals surface area contributed by atoms with Crippen molar-refractivity contribution in [3.63, 3.8) is 0 Å². The summed E-state index contributed by atoms with van der Waals surface area (Å²) in [6, 6.07) is 1.31. The van der Waals surface area contributed by atoms with Crippen LogP contribution in [0.15, 0.2) is 0 Å². The molecule has 98 valence electrons. The van der Waals surface area contributed by atoms with E-state index in [1.54, 1.807) is 0 Å². The molecule has 2 rings (SSSR count). The van der Waals surface area contributed by atoms with E-state index >= 15 is 0 Å². The minimum absolute atomic E-state index is 0.246. The monoisotopic (exact) mass is 302 g/mol. The topological polar surface area (TPSA) is 32.3 Å². The maximum absolute atomic E-state index is 11.7. The number of carbonyl (C=O) groups is 1. The number of rotatable bonds is 6. The fourth-order valence-electron chi connectivity index (χ4n) is 2.53. The molecule has 1 saturated carbocycles. The van der Waals surface area contributed by atoms with Crippen molar-refractivity contribution >= 4 is 21.8 Å². The van der Waals surface area contributed by atoms with E-state index in [9.17, 15) is 4.79 Å². The lowest BCUT2D eigenvalue weighted by atomic mass is 10.0. The summed E-state index contributed by atoms with van der Waals surface area (Å²) in [4.78, 5) is 14.3. The molecule has 0 spiro atoms. The van der Waals surface area contributed by atoms with Crippen molar-refractivity contribution < 1.29 is 4.79 Å². The molecule has 0 unspecified atom stereocenters. The maximum Gasteiger partial charge on any atom is 0.220 e. The van der Waals surface area contributed by atoms with Crippen LogP contribution in [0.4, 0.5) is 0 Å². The van der Waals surface area contributed by atoms with Crippen molar-refractivity contribution in [3.8, 4) is 0 Å². The molecule has 4 heteroatoms. The van der Waals surface area contributed by atoms with Crippen molar-refractivity contribution in [1.29, 1.82) is 0 Å². The molecule has 1 N–H and O–H groups in total. The Bertz CT molecular complexity index is 248. The summed E-state index contributed by atoms with van der Waals surface area (Å²) in [5, 5.41) is 4.18. The zero-order chi connectivity index (χ0) is 12.1. The first kappa shape index (κ1) is 13.3. The number of piperidine rings is 1. The van der Waals surface area contributed by atoms with Crippen molar-refractivity contribution in [2.45, 2.75) is 57.0 Å². The predicted octanol–water partition coefficient (Wildman–Crippen LogP) is 2.29. The van der Waals surface area contributed by atoms with Gasteiger partial charge in [0.25, 0.3) is 0 Å². The van der Waals surface area contributed by atoms with Gasteiger partial charge in [-0.3, -0.25) is 4.79 Å². The predicted molar refractivity (Wildman–Crippen MR) is 73.4 cm³/mol. The van der Waals surface area contributed by atoms with Crippen molar-refractivity contribution in [2.24, 2.45) is 0 Å². The van der Waals surface area contributed by atoms with Gasteiger partial charge in [0.1, 0.15) is 0 Å². The third kappa shape index (κ3) is 4.59. The third-order valence-electron chi connectivity index (χ3n) is 3.75. The van der Waals surface area contributed by atoms with Gasteiger partial charge < -0.3 is 10.2 Å². The molecule has 1 aliphatic heterocycles. The molecule has 0 aromatic rings. The molecule has 1 amide bonds. The van der Waals surface area contributed by atoms with Crippen LogP contribution in [0.1, 0.15) is 44.9 Å². The number of carbonyl (C=O) groups excluding carboxylic acids is 1. The molecule has 0 atom stereocenters. The van der Waals surface area contributed by atoms with Gasteiger partial charge in [-0.25, -0.2) is 0 Å². The summed E-state index contributed by atoms with van der Waals surface area (Å²) < 4.78 is 0. The van der Waals surface area contributed by atoms with Crippen LogP contribution in [0.5, 0.6) is 0 Å². The second-order valence-electron chi connectivity index (χ2n) is 5.26. The number of hydrogen-bond acceptors (Lipinski definition) is 2. The molecule has 1 saturated heterocycles. The molecule has 2 aliphatic rings. The number of nitrogens with zero attached hydrogens (tertiary/aromatic N) is 1. The summed E-state index contributed by atoms with van der Waals surface area (Å²) in [5.74, 6) is 0.246. The number of unbranched alkanes of at least 4 members (excludes halogenated alkanes) is 1. The Morgan fingerprint density at radius 1 is 1.18 bits per heavy atom. The van der Waals surface area contributed by atoms with E-state index < -0.39 is 0 Å². The van der Waals surface area contributed by atoms with E-state index in [2.05, 4.69) is 26.1 Å². The first-order valence-electron chi connectivity index (χ1n) is 6.89. The zero-order valence-corrected chi connectivity index (χ0v) is 12.0. The minimum Gasteiger partial charge on any atom is -0.353 e. The lowest BCUT2D eigenvalue weighted by Gasteiger charge is -2.32. The number of nitrogens with one attached hydrogen (secondary N) is 1. The number of hydrogen-bond donors (Lipinski definition) is 1. The first-order valence-corrected chi connectivity index (χ1v) is 8.01. The molecule has 0 aromatic carbocycles.